The summed E-state index contributed by atoms with van der Waals surface area (Å²) in [6, 6.07) is 22.9. The summed E-state index contributed by atoms with van der Waals surface area (Å²) in [5.74, 6) is 0.700. The summed E-state index contributed by atoms with van der Waals surface area (Å²) in [5, 5.41) is 19.1. The molecular weight excluding hydrogens is 314 g/mol. The highest BCUT2D eigenvalue weighted by Gasteiger charge is 2.09. The molecule has 0 spiro atoms. The van der Waals surface area contributed by atoms with Crippen LogP contribution in [0.1, 0.15) is 5.56 Å². The molecule has 5 nitrogen and oxygen atoms in total. The van der Waals surface area contributed by atoms with E-state index in [4.69, 9.17) is 4.74 Å². The van der Waals surface area contributed by atoms with Crippen LogP contribution in [0.2, 0.25) is 0 Å². The Morgan fingerprint density at radius 3 is 2.20 bits per heavy atom. The second-order valence-corrected chi connectivity index (χ2v) is 5.71. The third-order valence-corrected chi connectivity index (χ3v) is 3.95. The topological polar surface area (TPSA) is 60.2 Å². The van der Waals surface area contributed by atoms with Crippen molar-refractivity contribution in [2.75, 3.05) is 6.61 Å². The van der Waals surface area contributed by atoms with Crippen LogP contribution in [0, 0.1) is 0 Å². The smallest absolute Gasteiger partial charge is 0.146 e. The van der Waals surface area contributed by atoms with E-state index in [1.54, 1.807) is 12.1 Å². The maximum Gasteiger partial charge on any atom is 0.146 e. The predicted molar refractivity (Wildman–Crippen MR) is 96.2 cm³/mol. The average molecular weight is 331 g/mol. The first-order valence-electron chi connectivity index (χ1n) is 8.12. The molecule has 0 saturated heterocycles. The van der Waals surface area contributed by atoms with E-state index in [9.17, 15) is 5.11 Å². The first-order valence-corrected chi connectivity index (χ1v) is 8.12. The normalized spacial score (nSPS) is 10.9. The number of hydrogen-bond acceptors (Lipinski definition) is 4. The van der Waals surface area contributed by atoms with Gasteiger partial charge in [-0.1, -0.05) is 42.5 Å². The van der Waals surface area contributed by atoms with E-state index in [0.717, 1.165) is 17.5 Å². The van der Waals surface area contributed by atoms with Crippen molar-refractivity contribution < 1.29 is 9.84 Å². The molecule has 3 aromatic carbocycles. The maximum atomic E-state index is 10.3. The minimum Gasteiger partial charge on any atom is -0.505 e. The van der Waals surface area contributed by atoms with E-state index in [0.29, 0.717) is 18.0 Å². The lowest BCUT2D eigenvalue weighted by Gasteiger charge is -2.09. The molecule has 0 fully saturated rings. The van der Waals surface area contributed by atoms with E-state index < -0.39 is 0 Å². The lowest BCUT2D eigenvalue weighted by molar-refractivity contribution is 0.319. The zero-order chi connectivity index (χ0) is 17.1. The minimum atomic E-state index is 0.0810. The summed E-state index contributed by atoms with van der Waals surface area (Å²) < 4.78 is 5.73. The number of phenols is 1. The highest BCUT2D eigenvalue weighted by molar-refractivity contribution is 5.73. The Hall–Kier alpha value is -3.34. The number of ether oxygens (including phenoxy) is 1. The number of hydrogen-bond donors (Lipinski definition) is 1. The van der Waals surface area contributed by atoms with Gasteiger partial charge in [0.1, 0.15) is 28.2 Å². The molecule has 0 atom stereocenters. The zero-order valence-corrected chi connectivity index (χ0v) is 13.5. The molecule has 0 amide bonds. The molecule has 0 aliphatic carbocycles. The molecule has 4 rings (SSSR count). The Balaban J connectivity index is 1.48. The van der Waals surface area contributed by atoms with Crippen LogP contribution in [0.15, 0.2) is 72.8 Å². The quantitative estimate of drug-likeness (QED) is 0.605. The van der Waals surface area contributed by atoms with Crippen LogP contribution in [0.3, 0.4) is 0 Å². The predicted octanol–water partition coefficient (Wildman–Crippen LogP) is 3.75. The van der Waals surface area contributed by atoms with Gasteiger partial charge in [-0.15, -0.1) is 15.0 Å². The van der Waals surface area contributed by atoms with E-state index in [1.165, 1.54) is 10.4 Å². The number of fused-ring (bicyclic) bond motifs is 1. The maximum absolute atomic E-state index is 10.3. The van der Waals surface area contributed by atoms with Gasteiger partial charge in [0.2, 0.25) is 0 Å². The number of benzene rings is 3. The molecule has 0 aliphatic heterocycles. The summed E-state index contributed by atoms with van der Waals surface area (Å²) in [4.78, 5) is 1.44. The average Bonchev–Trinajstić information content (AvgIpc) is 3.06. The third-order valence-electron chi connectivity index (χ3n) is 3.95. The highest BCUT2D eigenvalue weighted by atomic mass is 16.5. The number of aromatic hydroxyl groups is 1. The fraction of sp³-hybridized carbons (Fsp3) is 0.100. The monoisotopic (exact) mass is 331 g/mol. The van der Waals surface area contributed by atoms with Crippen LogP contribution in [0.5, 0.6) is 11.5 Å². The summed E-state index contributed by atoms with van der Waals surface area (Å²) in [7, 11) is 0. The minimum absolute atomic E-state index is 0.0810. The Bertz CT molecular complexity index is 963. The molecule has 0 radical (unpaired) electrons. The van der Waals surface area contributed by atoms with E-state index in [1.807, 2.05) is 48.5 Å². The van der Waals surface area contributed by atoms with Gasteiger partial charge in [0.15, 0.2) is 0 Å². The van der Waals surface area contributed by atoms with E-state index in [2.05, 4.69) is 22.3 Å². The Kier molecular flexibility index (Phi) is 4.04. The molecule has 1 aromatic heterocycles. The van der Waals surface area contributed by atoms with Gasteiger partial charge in [0.05, 0.1) is 6.61 Å². The Morgan fingerprint density at radius 1 is 0.840 bits per heavy atom. The summed E-state index contributed by atoms with van der Waals surface area (Å²) in [6.07, 6.45) is 0.815. The zero-order valence-electron chi connectivity index (χ0n) is 13.5. The molecular formula is C20H17N3O2. The number of aromatic nitrogens is 3. The van der Waals surface area contributed by atoms with Gasteiger partial charge in [-0.3, -0.25) is 0 Å². The molecule has 1 N–H and O–H groups in total. The molecule has 0 aliphatic rings. The summed E-state index contributed by atoms with van der Waals surface area (Å²) >= 11 is 0. The van der Waals surface area contributed by atoms with Crippen molar-refractivity contribution in [3.63, 3.8) is 0 Å². The van der Waals surface area contributed by atoms with Crippen molar-refractivity contribution in [2.24, 2.45) is 0 Å². The molecule has 25 heavy (non-hydrogen) atoms. The largest absolute Gasteiger partial charge is 0.505 e. The standard InChI is InChI=1S/C20H17N3O2/c24-20-14-16(25-13-12-15-6-2-1-3-7-15)10-11-19(20)23-21-17-8-4-5-9-18(17)22-23/h1-11,14,24H,12-13H2. The Labute approximate surface area is 145 Å². The molecule has 124 valence electrons. The third kappa shape index (κ3) is 3.30. The van der Waals surface area contributed by atoms with Crippen molar-refractivity contribution in [2.45, 2.75) is 6.42 Å². The van der Waals surface area contributed by atoms with Gasteiger partial charge in [-0.25, -0.2) is 0 Å². The molecule has 4 aromatic rings. The van der Waals surface area contributed by atoms with Crippen molar-refractivity contribution >= 4 is 11.0 Å². The Morgan fingerprint density at radius 2 is 1.52 bits per heavy atom. The van der Waals surface area contributed by atoms with Crippen molar-refractivity contribution in [1.82, 2.24) is 15.0 Å². The van der Waals surface area contributed by atoms with Crippen LogP contribution in [-0.2, 0) is 6.42 Å². The van der Waals surface area contributed by atoms with Gasteiger partial charge in [0.25, 0.3) is 0 Å². The number of nitrogens with zero attached hydrogens (tertiary/aromatic N) is 3. The van der Waals surface area contributed by atoms with Gasteiger partial charge in [-0.2, -0.15) is 0 Å². The molecule has 0 unspecified atom stereocenters. The van der Waals surface area contributed by atoms with Gasteiger partial charge < -0.3 is 9.84 Å². The van der Waals surface area contributed by atoms with Crippen LogP contribution in [0.25, 0.3) is 16.7 Å². The van der Waals surface area contributed by atoms with Gasteiger partial charge in [-0.05, 0) is 29.8 Å². The SMILES string of the molecule is Oc1cc(OCCc2ccccc2)ccc1-n1nc2ccccc2n1. The van der Waals surface area contributed by atoms with E-state index >= 15 is 0 Å². The second-order valence-electron chi connectivity index (χ2n) is 5.71. The van der Waals surface area contributed by atoms with Gasteiger partial charge >= 0.3 is 0 Å². The van der Waals surface area contributed by atoms with Crippen LogP contribution < -0.4 is 4.74 Å². The molecule has 5 heteroatoms. The van der Waals surface area contributed by atoms with Crippen LogP contribution >= 0.6 is 0 Å². The number of phenolic OH excluding ortho intramolecular Hbond substituents is 1. The highest BCUT2D eigenvalue weighted by Crippen LogP contribution is 2.26. The first kappa shape index (κ1) is 15.2. The molecule has 1 heterocycles. The van der Waals surface area contributed by atoms with Crippen molar-refractivity contribution in [3.8, 4) is 17.2 Å². The molecule has 0 bridgehead atoms. The first-order chi connectivity index (χ1) is 12.3. The lowest BCUT2D eigenvalue weighted by atomic mass is 10.2. The summed E-state index contributed by atoms with van der Waals surface area (Å²) in [5.41, 5.74) is 3.30. The fourth-order valence-corrected chi connectivity index (χ4v) is 2.66. The van der Waals surface area contributed by atoms with Crippen LogP contribution in [0.4, 0.5) is 0 Å². The summed E-state index contributed by atoms with van der Waals surface area (Å²) in [6.45, 7) is 0.548. The lowest BCUT2D eigenvalue weighted by Crippen LogP contribution is -2.02. The van der Waals surface area contributed by atoms with E-state index in [-0.39, 0.29) is 5.75 Å². The second kappa shape index (κ2) is 6.65. The van der Waals surface area contributed by atoms with Crippen LogP contribution in [-0.4, -0.2) is 26.7 Å². The van der Waals surface area contributed by atoms with Crippen molar-refractivity contribution in [1.29, 1.82) is 0 Å². The van der Waals surface area contributed by atoms with Crippen molar-refractivity contribution in [3.05, 3.63) is 78.4 Å². The van der Waals surface area contributed by atoms with Gasteiger partial charge in [0, 0.05) is 12.5 Å². The fourth-order valence-electron chi connectivity index (χ4n) is 2.66. The molecule has 0 saturated carbocycles. The number of rotatable bonds is 5.